The Morgan fingerprint density at radius 2 is 1.78 bits per heavy atom. The summed E-state index contributed by atoms with van der Waals surface area (Å²) in [5.74, 6) is 0.355. The van der Waals surface area contributed by atoms with Gasteiger partial charge in [-0.25, -0.2) is 0 Å². The molecule has 0 spiro atoms. The number of aromatic hydroxyl groups is 1. The van der Waals surface area contributed by atoms with E-state index in [1.165, 1.54) is 0 Å². The van der Waals surface area contributed by atoms with Crippen molar-refractivity contribution in [2.75, 3.05) is 0 Å². The third-order valence-corrected chi connectivity index (χ3v) is 1.76. The van der Waals surface area contributed by atoms with Crippen molar-refractivity contribution >= 4 is 52.1 Å². The third-order valence-electron chi connectivity index (χ3n) is 0.852. The van der Waals surface area contributed by atoms with Gasteiger partial charge in [-0.05, 0) is 34.7 Å². The Morgan fingerprint density at radius 1 is 1.22 bits per heavy atom. The van der Waals surface area contributed by atoms with E-state index in [0.29, 0.717) is 5.75 Å². The molecule has 0 radical (unpaired) electrons. The zero-order chi connectivity index (χ0) is 5.98. The predicted molar refractivity (Wildman–Crippen MR) is 48.0 cm³/mol. The van der Waals surface area contributed by atoms with Crippen LogP contribution in [0.3, 0.4) is 0 Å². The van der Waals surface area contributed by atoms with E-state index in [0.717, 1.165) is 3.57 Å². The summed E-state index contributed by atoms with van der Waals surface area (Å²) >= 11 is 2.07. The Kier molecular flexibility index (Phi) is 4.93. The number of hydrogen-bond donors (Lipinski definition) is 1. The number of rotatable bonds is 0. The van der Waals surface area contributed by atoms with Gasteiger partial charge in [0, 0.05) is 0 Å². The summed E-state index contributed by atoms with van der Waals surface area (Å²) in [4.78, 5) is 0. The summed E-state index contributed by atoms with van der Waals surface area (Å²) in [5.41, 5.74) is 0. The SMILES string of the molecule is Oc1ccccc1I.[NaH]. The van der Waals surface area contributed by atoms with E-state index in [-0.39, 0.29) is 29.6 Å². The van der Waals surface area contributed by atoms with Crippen molar-refractivity contribution in [3.8, 4) is 5.75 Å². The molecule has 0 heterocycles. The quantitative estimate of drug-likeness (QED) is 0.539. The fourth-order valence-electron chi connectivity index (χ4n) is 0.452. The van der Waals surface area contributed by atoms with E-state index in [9.17, 15) is 0 Å². The molecule has 0 amide bonds. The van der Waals surface area contributed by atoms with Crippen LogP contribution in [-0.4, -0.2) is 34.7 Å². The normalized spacial score (nSPS) is 8.11. The molecule has 0 bridgehead atoms. The van der Waals surface area contributed by atoms with Crippen molar-refractivity contribution in [1.29, 1.82) is 0 Å². The molecule has 44 valence electrons. The van der Waals surface area contributed by atoms with Gasteiger partial charge in [0.2, 0.25) is 0 Å². The molecule has 0 aliphatic heterocycles. The minimum atomic E-state index is 0. The maximum atomic E-state index is 8.91. The van der Waals surface area contributed by atoms with Gasteiger partial charge in [0.15, 0.2) is 0 Å². The molecule has 1 rings (SSSR count). The van der Waals surface area contributed by atoms with Crippen molar-refractivity contribution in [1.82, 2.24) is 0 Å². The molecule has 0 aliphatic rings. The standard InChI is InChI=1S/C6H5IO.Na.H/c7-5-3-1-2-4-6(5)8;;/h1-4,8H;;. The second kappa shape index (κ2) is 4.55. The van der Waals surface area contributed by atoms with Gasteiger partial charge in [-0.1, -0.05) is 12.1 Å². The molecular formula is C6H6INaO. The number of halogens is 1. The molecule has 1 N–H and O–H groups in total. The van der Waals surface area contributed by atoms with E-state index < -0.39 is 0 Å². The summed E-state index contributed by atoms with van der Waals surface area (Å²) in [6.45, 7) is 0. The van der Waals surface area contributed by atoms with Crippen LogP contribution in [0.25, 0.3) is 0 Å². The third kappa shape index (κ3) is 2.89. The Hall–Kier alpha value is 0.750. The van der Waals surface area contributed by atoms with Crippen LogP contribution in [0.5, 0.6) is 5.75 Å². The molecule has 1 nitrogen and oxygen atoms in total. The van der Waals surface area contributed by atoms with Gasteiger partial charge in [-0.3, -0.25) is 0 Å². The van der Waals surface area contributed by atoms with Crippen LogP contribution in [-0.2, 0) is 0 Å². The van der Waals surface area contributed by atoms with Gasteiger partial charge >= 0.3 is 29.6 Å². The molecule has 0 aromatic heterocycles. The van der Waals surface area contributed by atoms with E-state index >= 15 is 0 Å². The molecule has 0 saturated heterocycles. The van der Waals surface area contributed by atoms with Crippen molar-refractivity contribution in [2.24, 2.45) is 0 Å². The first-order valence-electron chi connectivity index (χ1n) is 2.24. The van der Waals surface area contributed by atoms with Crippen LogP contribution in [0, 0.1) is 3.57 Å². The first kappa shape index (κ1) is 9.75. The summed E-state index contributed by atoms with van der Waals surface area (Å²) in [6.07, 6.45) is 0. The number of hydrogen-bond acceptors (Lipinski definition) is 1. The Labute approximate surface area is 89.9 Å². The van der Waals surface area contributed by atoms with Gasteiger partial charge in [0.05, 0.1) is 3.57 Å². The van der Waals surface area contributed by atoms with Gasteiger partial charge in [-0.15, -0.1) is 0 Å². The average molecular weight is 244 g/mol. The van der Waals surface area contributed by atoms with E-state index in [1.807, 2.05) is 12.1 Å². The van der Waals surface area contributed by atoms with Crippen LogP contribution in [0.2, 0.25) is 0 Å². The first-order valence-corrected chi connectivity index (χ1v) is 3.32. The van der Waals surface area contributed by atoms with Crippen molar-refractivity contribution < 1.29 is 5.11 Å². The topological polar surface area (TPSA) is 20.2 Å². The molecular weight excluding hydrogens is 238 g/mol. The average Bonchev–Trinajstić information content (AvgIpc) is 1.77. The second-order valence-electron chi connectivity index (χ2n) is 1.45. The van der Waals surface area contributed by atoms with Gasteiger partial charge in [0.1, 0.15) is 5.75 Å². The molecule has 0 unspecified atom stereocenters. The number of benzene rings is 1. The number of phenols is 1. The van der Waals surface area contributed by atoms with Crippen LogP contribution >= 0.6 is 22.6 Å². The molecule has 9 heavy (non-hydrogen) atoms. The van der Waals surface area contributed by atoms with Crippen LogP contribution in [0.4, 0.5) is 0 Å². The van der Waals surface area contributed by atoms with Gasteiger partial charge < -0.3 is 5.11 Å². The zero-order valence-corrected chi connectivity index (χ0v) is 6.29. The van der Waals surface area contributed by atoms with E-state index in [4.69, 9.17) is 5.11 Å². The summed E-state index contributed by atoms with van der Waals surface area (Å²) in [7, 11) is 0. The predicted octanol–water partition coefficient (Wildman–Crippen LogP) is 1.35. The van der Waals surface area contributed by atoms with Crippen molar-refractivity contribution in [3.05, 3.63) is 27.8 Å². The summed E-state index contributed by atoms with van der Waals surface area (Å²) < 4.78 is 0.894. The summed E-state index contributed by atoms with van der Waals surface area (Å²) in [6, 6.07) is 7.22. The van der Waals surface area contributed by atoms with E-state index in [1.54, 1.807) is 12.1 Å². The van der Waals surface area contributed by atoms with Gasteiger partial charge in [0.25, 0.3) is 0 Å². The number of phenolic OH excluding ortho intramolecular Hbond substituents is 1. The molecule has 1 aromatic carbocycles. The molecule has 0 fully saturated rings. The van der Waals surface area contributed by atoms with Crippen LogP contribution < -0.4 is 0 Å². The molecule has 0 aliphatic carbocycles. The molecule has 0 atom stereocenters. The molecule has 0 saturated carbocycles. The minimum absolute atomic E-state index is 0. The first-order chi connectivity index (χ1) is 3.80. The number of para-hydroxylation sites is 1. The fraction of sp³-hybridized carbons (Fsp3) is 0. The maximum absolute atomic E-state index is 8.91. The van der Waals surface area contributed by atoms with Crippen molar-refractivity contribution in [3.63, 3.8) is 0 Å². The Bertz CT molecular complexity index is 169. The van der Waals surface area contributed by atoms with Crippen molar-refractivity contribution in [2.45, 2.75) is 0 Å². The molecule has 1 aromatic rings. The Morgan fingerprint density at radius 3 is 2.11 bits per heavy atom. The van der Waals surface area contributed by atoms with Crippen LogP contribution in [0.1, 0.15) is 0 Å². The molecule has 3 heteroatoms. The zero-order valence-electron chi connectivity index (χ0n) is 4.13. The Balaban J connectivity index is 0.000000640. The fourth-order valence-corrected chi connectivity index (χ4v) is 0.839. The summed E-state index contributed by atoms with van der Waals surface area (Å²) in [5, 5.41) is 8.91. The second-order valence-corrected chi connectivity index (χ2v) is 2.61. The monoisotopic (exact) mass is 244 g/mol. The van der Waals surface area contributed by atoms with Gasteiger partial charge in [-0.2, -0.15) is 0 Å². The van der Waals surface area contributed by atoms with Crippen LogP contribution in [0.15, 0.2) is 24.3 Å². The van der Waals surface area contributed by atoms with E-state index in [2.05, 4.69) is 22.6 Å².